The standard InChI is InChI=1S/C17H14FN3OS2/c18-14-8-4-7-13(9-14)11-23-17-21-20-16(24-17)19-15(22)10-12-5-2-1-3-6-12/h1-9H,10-11H2,(H,19,20,22). The minimum atomic E-state index is -0.251. The van der Waals surface area contributed by atoms with Crippen molar-refractivity contribution in [2.75, 3.05) is 5.32 Å². The molecule has 1 aromatic heterocycles. The van der Waals surface area contributed by atoms with E-state index in [-0.39, 0.29) is 11.7 Å². The smallest absolute Gasteiger partial charge is 0.230 e. The van der Waals surface area contributed by atoms with Gasteiger partial charge in [-0.1, -0.05) is 65.6 Å². The molecule has 1 heterocycles. The van der Waals surface area contributed by atoms with Gasteiger partial charge in [0.15, 0.2) is 4.34 Å². The molecule has 7 heteroatoms. The van der Waals surface area contributed by atoms with Crippen molar-refractivity contribution >= 4 is 34.1 Å². The van der Waals surface area contributed by atoms with Crippen LogP contribution in [0.15, 0.2) is 58.9 Å². The molecule has 0 aliphatic rings. The van der Waals surface area contributed by atoms with Crippen molar-refractivity contribution in [1.29, 1.82) is 0 Å². The van der Waals surface area contributed by atoms with Gasteiger partial charge in [0.2, 0.25) is 11.0 Å². The molecule has 0 saturated carbocycles. The van der Waals surface area contributed by atoms with E-state index in [0.717, 1.165) is 15.5 Å². The topological polar surface area (TPSA) is 54.9 Å². The molecule has 1 amide bonds. The second kappa shape index (κ2) is 8.03. The summed E-state index contributed by atoms with van der Waals surface area (Å²) in [6.07, 6.45) is 0.298. The lowest BCUT2D eigenvalue weighted by atomic mass is 10.1. The van der Waals surface area contributed by atoms with Gasteiger partial charge in [0.1, 0.15) is 5.82 Å². The fourth-order valence-corrected chi connectivity index (χ4v) is 3.75. The highest BCUT2D eigenvalue weighted by molar-refractivity contribution is 8.00. The molecule has 0 spiro atoms. The molecular formula is C17H14FN3OS2. The third-order valence-corrected chi connectivity index (χ3v) is 5.15. The Morgan fingerprint density at radius 3 is 2.67 bits per heavy atom. The number of carbonyl (C=O) groups is 1. The first kappa shape index (κ1) is 16.6. The predicted molar refractivity (Wildman–Crippen MR) is 94.6 cm³/mol. The number of aromatic nitrogens is 2. The number of halogens is 1. The maximum atomic E-state index is 13.1. The number of hydrogen-bond acceptors (Lipinski definition) is 5. The number of rotatable bonds is 6. The molecule has 4 nitrogen and oxygen atoms in total. The van der Waals surface area contributed by atoms with Crippen LogP contribution in [0, 0.1) is 5.82 Å². The quantitative estimate of drug-likeness (QED) is 0.531. The molecule has 24 heavy (non-hydrogen) atoms. The van der Waals surface area contributed by atoms with E-state index in [4.69, 9.17) is 0 Å². The van der Waals surface area contributed by atoms with Gasteiger partial charge in [-0.25, -0.2) is 4.39 Å². The summed E-state index contributed by atoms with van der Waals surface area (Å²) < 4.78 is 13.9. The Balaban J connectivity index is 1.52. The maximum absolute atomic E-state index is 13.1. The predicted octanol–water partition coefficient (Wildman–Crippen LogP) is 4.15. The Hall–Kier alpha value is -2.25. The van der Waals surface area contributed by atoms with Gasteiger partial charge in [0.05, 0.1) is 6.42 Å². The lowest BCUT2D eigenvalue weighted by molar-refractivity contribution is -0.115. The van der Waals surface area contributed by atoms with E-state index in [1.807, 2.05) is 36.4 Å². The molecule has 0 aliphatic carbocycles. The first-order valence-electron chi connectivity index (χ1n) is 7.23. The van der Waals surface area contributed by atoms with Crippen LogP contribution in [0.1, 0.15) is 11.1 Å². The normalized spacial score (nSPS) is 10.5. The molecule has 1 N–H and O–H groups in total. The Morgan fingerprint density at radius 2 is 1.88 bits per heavy atom. The number of anilines is 1. The highest BCUT2D eigenvalue weighted by Gasteiger charge is 2.09. The van der Waals surface area contributed by atoms with Crippen LogP contribution in [0.2, 0.25) is 0 Å². The van der Waals surface area contributed by atoms with Gasteiger partial charge >= 0.3 is 0 Å². The monoisotopic (exact) mass is 359 g/mol. The van der Waals surface area contributed by atoms with Crippen LogP contribution in [-0.4, -0.2) is 16.1 Å². The zero-order valence-corrected chi connectivity index (χ0v) is 14.2. The SMILES string of the molecule is O=C(Cc1ccccc1)Nc1nnc(SCc2cccc(F)c2)s1. The van der Waals surface area contributed by atoms with Gasteiger partial charge < -0.3 is 5.32 Å². The first-order chi connectivity index (χ1) is 11.7. The van der Waals surface area contributed by atoms with Crippen LogP contribution < -0.4 is 5.32 Å². The van der Waals surface area contributed by atoms with Crippen LogP contribution in [0.4, 0.5) is 9.52 Å². The summed E-state index contributed by atoms with van der Waals surface area (Å²) in [4.78, 5) is 12.0. The zero-order chi connectivity index (χ0) is 16.8. The lowest BCUT2D eigenvalue weighted by Gasteiger charge is -2.01. The van der Waals surface area contributed by atoms with Crippen molar-refractivity contribution < 1.29 is 9.18 Å². The minimum Gasteiger partial charge on any atom is -0.300 e. The number of thioether (sulfide) groups is 1. The van der Waals surface area contributed by atoms with Gasteiger partial charge in [-0.05, 0) is 23.3 Å². The zero-order valence-electron chi connectivity index (χ0n) is 12.6. The Morgan fingerprint density at radius 1 is 1.08 bits per heavy atom. The van der Waals surface area contributed by atoms with Crippen LogP contribution >= 0.6 is 23.1 Å². The summed E-state index contributed by atoms with van der Waals surface area (Å²) in [5.74, 6) is 0.225. The average molecular weight is 359 g/mol. The van der Waals surface area contributed by atoms with Crippen LogP contribution in [0.25, 0.3) is 0 Å². The van der Waals surface area contributed by atoms with Crippen LogP contribution in [-0.2, 0) is 17.0 Å². The van der Waals surface area contributed by atoms with Crippen molar-refractivity contribution in [3.63, 3.8) is 0 Å². The third kappa shape index (κ3) is 4.87. The molecule has 0 unspecified atom stereocenters. The third-order valence-electron chi connectivity index (χ3n) is 3.11. The van der Waals surface area contributed by atoms with E-state index in [9.17, 15) is 9.18 Å². The molecule has 0 saturated heterocycles. The highest BCUT2D eigenvalue weighted by Crippen LogP contribution is 2.28. The number of benzene rings is 2. The van der Waals surface area contributed by atoms with Gasteiger partial charge in [0, 0.05) is 5.75 Å². The number of hydrogen-bond donors (Lipinski definition) is 1. The second-order valence-electron chi connectivity index (χ2n) is 5.00. The van der Waals surface area contributed by atoms with Crippen molar-refractivity contribution in [3.05, 3.63) is 71.5 Å². The van der Waals surface area contributed by atoms with Gasteiger partial charge in [0.25, 0.3) is 0 Å². The van der Waals surface area contributed by atoms with E-state index < -0.39 is 0 Å². The molecule has 0 fully saturated rings. The van der Waals surface area contributed by atoms with Crippen LogP contribution in [0.5, 0.6) is 0 Å². The average Bonchev–Trinajstić information content (AvgIpc) is 3.01. The van der Waals surface area contributed by atoms with E-state index in [1.54, 1.807) is 6.07 Å². The second-order valence-corrected chi connectivity index (χ2v) is 7.20. The Kier molecular flexibility index (Phi) is 5.55. The fourth-order valence-electron chi connectivity index (χ4n) is 2.04. The largest absolute Gasteiger partial charge is 0.300 e. The summed E-state index contributed by atoms with van der Waals surface area (Å²) in [6, 6.07) is 16.0. The number of amides is 1. The minimum absolute atomic E-state index is 0.126. The molecule has 2 aromatic carbocycles. The molecule has 3 aromatic rings. The molecule has 0 bridgehead atoms. The summed E-state index contributed by atoms with van der Waals surface area (Å²) >= 11 is 2.77. The maximum Gasteiger partial charge on any atom is 0.230 e. The molecule has 3 rings (SSSR count). The Bertz CT molecular complexity index is 823. The van der Waals surface area contributed by atoms with Gasteiger partial charge in [-0.2, -0.15) is 0 Å². The van der Waals surface area contributed by atoms with E-state index >= 15 is 0 Å². The van der Waals surface area contributed by atoms with Crippen molar-refractivity contribution in [2.24, 2.45) is 0 Å². The van der Waals surface area contributed by atoms with Crippen molar-refractivity contribution in [2.45, 2.75) is 16.5 Å². The van der Waals surface area contributed by atoms with E-state index in [1.165, 1.54) is 35.2 Å². The number of carbonyl (C=O) groups excluding carboxylic acids is 1. The van der Waals surface area contributed by atoms with Crippen molar-refractivity contribution in [3.8, 4) is 0 Å². The molecule has 122 valence electrons. The lowest BCUT2D eigenvalue weighted by Crippen LogP contribution is -2.14. The van der Waals surface area contributed by atoms with Gasteiger partial charge in [-0.15, -0.1) is 10.2 Å². The van der Waals surface area contributed by atoms with Gasteiger partial charge in [-0.3, -0.25) is 4.79 Å². The summed E-state index contributed by atoms with van der Waals surface area (Å²) in [7, 11) is 0. The molecule has 0 aliphatic heterocycles. The molecular weight excluding hydrogens is 345 g/mol. The Labute approximate surface area is 147 Å². The first-order valence-corrected chi connectivity index (χ1v) is 9.04. The van der Waals surface area contributed by atoms with Crippen LogP contribution in [0.3, 0.4) is 0 Å². The van der Waals surface area contributed by atoms with Crippen molar-refractivity contribution in [1.82, 2.24) is 10.2 Å². The number of nitrogens with zero attached hydrogens (tertiary/aromatic N) is 2. The fraction of sp³-hybridized carbons (Fsp3) is 0.118. The molecule has 0 radical (unpaired) electrons. The molecule has 0 atom stereocenters. The number of nitrogens with one attached hydrogen (secondary N) is 1. The summed E-state index contributed by atoms with van der Waals surface area (Å²) in [5, 5.41) is 11.2. The summed E-state index contributed by atoms with van der Waals surface area (Å²) in [5.41, 5.74) is 1.82. The van der Waals surface area contributed by atoms with E-state index in [0.29, 0.717) is 17.3 Å². The summed E-state index contributed by atoms with van der Waals surface area (Å²) in [6.45, 7) is 0. The van der Waals surface area contributed by atoms with E-state index in [2.05, 4.69) is 15.5 Å². The highest BCUT2D eigenvalue weighted by atomic mass is 32.2.